The smallest absolute Gasteiger partial charge is 0.272 e. The summed E-state index contributed by atoms with van der Waals surface area (Å²) in [6, 6.07) is 7.15. The van der Waals surface area contributed by atoms with Gasteiger partial charge in [-0.15, -0.1) is 5.10 Å². The van der Waals surface area contributed by atoms with Crippen LogP contribution in [0.5, 0.6) is 11.6 Å². The molecule has 5 rings (SSSR count). The second-order valence-electron chi connectivity index (χ2n) is 5.70. The van der Waals surface area contributed by atoms with Gasteiger partial charge in [-0.05, 0) is 24.3 Å². The fraction of sp³-hybridized carbons (Fsp3) is 0.188. The maximum Gasteiger partial charge on any atom is 0.272 e. The SMILES string of the molecule is O=C1NC2COc3ccc(F)cc3C2Oc2ccc3ncc1n3n2. The van der Waals surface area contributed by atoms with Crippen molar-refractivity contribution in [1.82, 2.24) is 19.9 Å². The molecule has 2 bridgehead atoms. The Hall–Kier alpha value is -3.16. The van der Waals surface area contributed by atoms with E-state index in [0.717, 1.165) is 0 Å². The van der Waals surface area contributed by atoms with Crippen molar-refractivity contribution in [3.05, 3.63) is 53.6 Å². The maximum atomic E-state index is 13.7. The lowest BCUT2D eigenvalue weighted by Gasteiger charge is -2.33. The predicted molar refractivity (Wildman–Crippen MR) is 79.5 cm³/mol. The third-order valence-corrected chi connectivity index (χ3v) is 4.20. The summed E-state index contributed by atoms with van der Waals surface area (Å²) in [6.07, 6.45) is 0.856. The summed E-state index contributed by atoms with van der Waals surface area (Å²) < 4.78 is 26.7. The number of rotatable bonds is 0. The summed E-state index contributed by atoms with van der Waals surface area (Å²) in [5.74, 6) is 0.127. The molecule has 24 heavy (non-hydrogen) atoms. The van der Waals surface area contributed by atoms with E-state index >= 15 is 0 Å². The van der Waals surface area contributed by atoms with Crippen molar-refractivity contribution in [3.8, 4) is 11.6 Å². The number of ether oxygens (including phenoxy) is 2. The summed E-state index contributed by atoms with van der Waals surface area (Å²) >= 11 is 0. The molecule has 1 amide bonds. The van der Waals surface area contributed by atoms with E-state index in [4.69, 9.17) is 9.47 Å². The molecule has 0 aliphatic carbocycles. The number of nitrogens with one attached hydrogen (secondary N) is 1. The third kappa shape index (κ3) is 1.86. The van der Waals surface area contributed by atoms with E-state index in [-0.39, 0.29) is 12.5 Å². The number of imidazole rings is 1. The molecular weight excluding hydrogens is 315 g/mol. The van der Waals surface area contributed by atoms with Crippen LogP contribution in [0, 0.1) is 5.82 Å². The molecule has 7 nitrogen and oxygen atoms in total. The fourth-order valence-electron chi connectivity index (χ4n) is 3.07. The number of nitrogens with zero attached hydrogens (tertiary/aromatic N) is 3. The molecule has 0 saturated heterocycles. The average molecular weight is 326 g/mol. The summed E-state index contributed by atoms with van der Waals surface area (Å²) in [6.45, 7) is 0.215. The molecule has 120 valence electrons. The van der Waals surface area contributed by atoms with E-state index < -0.39 is 18.0 Å². The van der Waals surface area contributed by atoms with Crippen molar-refractivity contribution in [1.29, 1.82) is 0 Å². The Morgan fingerprint density at radius 1 is 1.29 bits per heavy atom. The van der Waals surface area contributed by atoms with Crippen LogP contribution in [-0.2, 0) is 0 Å². The molecular formula is C16H11FN4O3. The van der Waals surface area contributed by atoms with E-state index in [1.54, 1.807) is 18.2 Å². The number of amides is 1. The molecule has 1 N–H and O–H groups in total. The van der Waals surface area contributed by atoms with Crippen LogP contribution in [0.3, 0.4) is 0 Å². The van der Waals surface area contributed by atoms with E-state index in [2.05, 4.69) is 15.4 Å². The molecule has 0 radical (unpaired) electrons. The molecule has 1 aromatic carbocycles. The number of fused-ring (bicyclic) bond motifs is 4. The second-order valence-corrected chi connectivity index (χ2v) is 5.70. The van der Waals surface area contributed by atoms with Gasteiger partial charge in [-0.25, -0.2) is 13.9 Å². The van der Waals surface area contributed by atoms with Gasteiger partial charge in [0.05, 0.1) is 6.20 Å². The van der Waals surface area contributed by atoms with Gasteiger partial charge in [-0.3, -0.25) is 4.79 Å². The monoisotopic (exact) mass is 326 g/mol. The molecule has 0 spiro atoms. The quantitative estimate of drug-likeness (QED) is 0.677. The van der Waals surface area contributed by atoms with Gasteiger partial charge in [-0.2, -0.15) is 0 Å². The van der Waals surface area contributed by atoms with Gasteiger partial charge in [0.25, 0.3) is 5.91 Å². The molecule has 0 fully saturated rings. The van der Waals surface area contributed by atoms with Crippen molar-refractivity contribution < 1.29 is 18.7 Å². The van der Waals surface area contributed by atoms with E-state index in [1.165, 1.54) is 22.8 Å². The zero-order valence-corrected chi connectivity index (χ0v) is 12.3. The van der Waals surface area contributed by atoms with E-state index in [1.807, 2.05) is 0 Å². The first kappa shape index (κ1) is 13.3. The van der Waals surface area contributed by atoms with E-state index in [9.17, 15) is 9.18 Å². The van der Waals surface area contributed by atoms with Gasteiger partial charge in [0, 0.05) is 11.6 Å². The average Bonchev–Trinajstić information content (AvgIpc) is 3.00. The highest BCUT2D eigenvalue weighted by Crippen LogP contribution is 2.36. The van der Waals surface area contributed by atoms with Crippen LogP contribution in [0.2, 0.25) is 0 Å². The topological polar surface area (TPSA) is 77.8 Å². The Bertz CT molecular complexity index is 987. The molecule has 8 heteroatoms. The van der Waals surface area contributed by atoms with Crippen molar-refractivity contribution in [2.24, 2.45) is 0 Å². The lowest BCUT2D eigenvalue weighted by atomic mass is 9.98. The van der Waals surface area contributed by atoms with Crippen molar-refractivity contribution in [3.63, 3.8) is 0 Å². The second kappa shape index (κ2) is 4.67. The predicted octanol–water partition coefficient (Wildman–Crippen LogP) is 1.49. The normalized spacial score (nSPS) is 21.6. The van der Waals surface area contributed by atoms with Gasteiger partial charge < -0.3 is 14.8 Å². The van der Waals surface area contributed by atoms with Crippen molar-refractivity contribution in [2.75, 3.05) is 6.61 Å². The largest absolute Gasteiger partial charge is 0.491 e. The highest BCUT2D eigenvalue weighted by atomic mass is 19.1. The Labute approximate surface area is 135 Å². The van der Waals surface area contributed by atoms with Crippen LogP contribution in [0.15, 0.2) is 36.5 Å². The van der Waals surface area contributed by atoms with Crippen molar-refractivity contribution >= 4 is 11.6 Å². The first-order chi connectivity index (χ1) is 11.7. The van der Waals surface area contributed by atoms with Crippen LogP contribution in [0.25, 0.3) is 5.65 Å². The van der Waals surface area contributed by atoms with Gasteiger partial charge in [0.1, 0.15) is 24.2 Å². The number of hydrogen-bond donors (Lipinski definition) is 1. The lowest BCUT2D eigenvalue weighted by Crippen LogP contribution is -2.47. The number of aromatic nitrogens is 3. The number of carbonyl (C=O) groups is 1. The number of benzene rings is 1. The molecule has 2 aliphatic heterocycles. The van der Waals surface area contributed by atoms with Crippen LogP contribution in [-0.4, -0.2) is 33.2 Å². The highest BCUT2D eigenvalue weighted by molar-refractivity contribution is 5.93. The summed E-state index contributed by atoms with van der Waals surface area (Å²) in [4.78, 5) is 16.7. The van der Waals surface area contributed by atoms with Crippen molar-refractivity contribution in [2.45, 2.75) is 12.1 Å². The zero-order valence-electron chi connectivity index (χ0n) is 12.3. The summed E-state index contributed by atoms with van der Waals surface area (Å²) in [5.41, 5.74) is 1.39. The van der Waals surface area contributed by atoms with Crippen LogP contribution >= 0.6 is 0 Å². The van der Waals surface area contributed by atoms with Crippen LogP contribution in [0.1, 0.15) is 22.2 Å². The van der Waals surface area contributed by atoms with Crippen LogP contribution in [0.4, 0.5) is 4.39 Å². The minimum absolute atomic E-state index is 0.215. The summed E-state index contributed by atoms with van der Waals surface area (Å²) in [5, 5.41) is 7.17. The molecule has 2 unspecified atom stereocenters. The van der Waals surface area contributed by atoms with E-state index in [0.29, 0.717) is 28.5 Å². The number of carbonyl (C=O) groups excluding carboxylic acids is 1. The van der Waals surface area contributed by atoms with Crippen LogP contribution < -0.4 is 14.8 Å². The summed E-state index contributed by atoms with van der Waals surface area (Å²) in [7, 11) is 0. The first-order valence-electron chi connectivity index (χ1n) is 7.43. The van der Waals surface area contributed by atoms with Gasteiger partial charge in [-0.1, -0.05) is 0 Å². The molecule has 2 aliphatic rings. The highest BCUT2D eigenvalue weighted by Gasteiger charge is 2.36. The van der Waals surface area contributed by atoms with Gasteiger partial charge >= 0.3 is 0 Å². The molecule has 0 saturated carbocycles. The number of halogens is 1. The molecule has 4 heterocycles. The Kier molecular flexibility index (Phi) is 2.59. The molecule has 3 aromatic rings. The Morgan fingerprint density at radius 2 is 2.21 bits per heavy atom. The minimum Gasteiger partial charge on any atom is -0.491 e. The van der Waals surface area contributed by atoms with Gasteiger partial charge in [0.2, 0.25) is 5.88 Å². The molecule has 2 atom stereocenters. The Morgan fingerprint density at radius 3 is 3.12 bits per heavy atom. The molecule has 2 aromatic heterocycles. The Balaban J connectivity index is 1.68. The maximum absolute atomic E-state index is 13.7. The zero-order chi connectivity index (χ0) is 16.3. The first-order valence-corrected chi connectivity index (χ1v) is 7.43. The third-order valence-electron chi connectivity index (χ3n) is 4.20. The number of hydrogen-bond acceptors (Lipinski definition) is 5. The lowest BCUT2D eigenvalue weighted by molar-refractivity contribution is 0.0709. The van der Waals surface area contributed by atoms with Gasteiger partial charge in [0.15, 0.2) is 17.4 Å². The minimum atomic E-state index is -0.601. The standard InChI is InChI=1S/C16H11FN4O3/c17-8-1-2-12-9(5-8)15-10(7-23-12)19-16(22)11-6-18-13-3-4-14(24-15)20-21(11)13/h1-6,10,15H,7H2,(H,19,22). The fourth-order valence-corrected chi connectivity index (χ4v) is 3.07.